The third-order valence-electron chi connectivity index (χ3n) is 4.76. The van der Waals surface area contributed by atoms with Crippen LogP contribution in [0.5, 0.6) is 5.75 Å². The average molecular weight is 411 g/mol. The Morgan fingerprint density at radius 2 is 1.71 bits per heavy atom. The molecule has 5 atom stereocenters. The summed E-state index contributed by atoms with van der Waals surface area (Å²) in [4.78, 5) is 0. The van der Waals surface area contributed by atoms with E-state index in [0.717, 1.165) is 11.3 Å². The Labute approximate surface area is 167 Å². The van der Waals surface area contributed by atoms with Gasteiger partial charge < -0.3 is 35.0 Å². The van der Waals surface area contributed by atoms with Crippen LogP contribution in [0.3, 0.4) is 0 Å². The molecular formula is C20H23ClO7. The minimum Gasteiger partial charge on any atom is -0.494 e. The summed E-state index contributed by atoms with van der Waals surface area (Å²) in [6, 6.07) is 11.9. The van der Waals surface area contributed by atoms with Crippen LogP contribution in [0.1, 0.15) is 23.6 Å². The van der Waals surface area contributed by atoms with E-state index in [9.17, 15) is 25.5 Å². The maximum atomic E-state index is 10.8. The largest absolute Gasteiger partial charge is 0.494 e. The molecular weight excluding hydrogens is 388 g/mol. The molecule has 8 heteroatoms. The quantitative estimate of drug-likeness (QED) is 0.497. The summed E-state index contributed by atoms with van der Waals surface area (Å²) in [7, 11) is 0. The van der Waals surface area contributed by atoms with Crippen molar-refractivity contribution in [2.45, 2.75) is 43.7 Å². The molecule has 1 fully saturated rings. The Morgan fingerprint density at radius 1 is 1.04 bits per heavy atom. The van der Waals surface area contributed by atoms with Crippen molar-refractivity contribution in [3.63, 3.8) is 0 Å². The zero-order valence-corrected chi connectivity index (χ0v) is 16.0. The van der Waals surface area contributed by atoms with Gasteiger partial charge in [0.2, 0.25) is 5.79 Å². The summed E-state index contributed by atoms with van der Waals surface area (Å²) in [6.07, 6.45) is -6.84. The molecule has 0 aliphatic carbocycles. The molecule has 0 amide bonds. The SMILES string of the molecule is CCOc1ccc(Cc2cc([C@]3(O)O[C@H](O)[C@@H](O)[C@H](O)[C@H]3O)ccc2Cl)cc1. The van der Waals surface area contributed by atoms with E-state index in [0.29, 0.717) is 23.6 Å². The van der Waals surface area contributed by atoms with Crippen molar-refractivity contribution in [2.75, 3.05) is 6.61 Å². The lowest BCUT2D eigenvalue weighted by Gasteiger charge is -2.44. The lowest BCUT2D eigenvalue weighted by atomic mass is 9.89. The zero-order chi connectivity index (χ0) is 20.5. The number of ether oxygens (including phenoxy) is 2. The van der Waals surface area contributed by atoms with Gasteiger partial charge in [0.05, 0.1) is 6.61 Å². The molecule has 3 rings (SSSR count). The fourth-order valence-corrected chi connectivity index (χ4v) is 3.36. The van der Waals surface area contributed by atoms with E-state index in [1.807, 2.05) is 31.2 Å². The number of aliphatic hydroxyl groups excluding tert-OH is 4. The molecule has 7 nitrogen and oxygen atoms in total. The van der Waals surface area contributed by atoms with Crippen molar-refractivity contribution in [3.8, 4) is 5.75 Å². The van der Waals surface area contributed by atoms with Crippen molar-refractivity contribution in [2.24, 2.45) is 0 Å². The Morgan fingerprint density at radius 3 is 2.36 bits per heavy atom. The molecule has 152 valence electrons. The molecule has 0 radical (unpaired) electrons. The third kappa shape index (κ3) is 4.01. The number of benzene rings is 2. The molecule has 5 N–H and O–H groups in total. The first-order valence-electron chi connectivity index (χ1n) is 8.89. The summed E-state index contributed by atoms with van der Waals surface area (Å²) < 4.78 is 10.4. The minimum absolute atomic E-state index is 0.0929. The van der Waals surface area contributed by atoms with Crippen molar-refractivity contribution in [1.82, 2.24) is 0 Å². The average Bonchev–Trinajstić information content (AvgIpc) is 2.68. The maximum absolute atomic E-state index is 10.8. The van der Waals surface area contributed by atoms with Gasteiger partial charge in [0, 0.05) is 10.6 Å². The molecule has 0 bridgehead atoms. The first-order chi connectivity index (χ1) is 13.3. The van der Waals surface area contributed by atoms with E-state index < -0.39 is 30.4 Å². The van der Waals surface area contributed by atoms with Gasteiger partial charge in [-0.2, -0.15) is 0 Å². The molecule has 0 saturated carbocycles. The summed E-state index contributed by atoms with van der Waals surface area (Å²) in [5.74, 6) is -1.66. The van der Waals surface area contributed by atoms with Crippen molar-refractivity contribution in [1.29, 1.82) is 0 Å². The monoisotopic (exact) mass is 410 g/mol. The molecule has 1 aliphatic rings. The summed E-state index contributed by atoms with van der Waals surface area (Å²) in [5.41, 5.74) is 1.67. The Hall–Kier alpha value is -1.71. The number of halogens is 1. The standard InChI is InChI=1S/C20H23ClO7/c1-2-27-14-6-3-11(4-7-14)9-12-10-13(5-8-15(12)21)20(26)18(24)16(22)17(23)19(25)28-20/h3-8,10,16-19,22-26H,2,9H2,1H3/t16-,17-,18+,19-,20-/m0/s1. The normalized spacial score (nSPS) is 30.2. The molecule has 1 heterocycles. The van der Waals surface area contributed by atoms with Crippen LogP contribution in [0.2, 0.25) is 5.02 Å². The van der Waals surface area contributed by atoms with E-state index in [2.05, 4.69) is 0 Å². The third-order valence-corrected chi connectivity index (χ3v) is 5.12. The number of aliphatic hydroxyl groups is 5. The van der Waals surface area contributed by atoms with Gasteiger partial charge in [0.25, 0.3) is 0 Å². The molecule has 1 saturated heterocycles. The van der Waals surface area contributed by atoms with Crippen LogP contribution < -0.4 is 4.74 Å². The van der Waals surface area contributed by atoms with E-state index >= 15 is 0 Å². The summed E-state index contributed by atoms with van der Waals surface area (Å²) in [6.45, 7) is 2.47. The van der Waals surface area contributed by atoms with Crippen LogP contribution in [-0.2, 0) is 16.9 Å². The van der Waals surface area contributed by atoms with Gasteiger partial charge in [-0.25, -0.2) is 0 Å². The van der Waals surface area contributed by atoms with Crippen LogP contribution in [0.4, 0.5) is 0 Å². The predicted octanol–water partition coefficient (Wildman–Crippen LogP) is 0.906. The van der Waals surface area contributed by atoms with Crippen LogP contribution in [0.25, 0.3) is 0 Å². The Balaban J connectivity index is 1.88. The zero-order valence-electron chi connectivity index (χ0n) is 15.2. The molecule has 0 aromatic heterocycles. The van der Waals surface area contributed by atoms with Crippen LogP contribution >= 0.6 is 11.6 Å². The molecule has 2 aromatic rings. The molecule has 28 heavy (non-hydrogen) atoms. The topological polar surface area (TPSA) is 120 Å². The van der Waals surface area contributed by atoms with Gasteiger partial charge in [-0.1, -0.05) is 29.8 Å². The fraction of sp³-hybridized carbons (Fsp3) is 0.400. The van der Waals surface area contributed by atoms with E-state index in [1.54, 1.807) is 0 Å². The fourth-order valence-electron chi connectivity index (χ4n) is 3.17. The Kier molecular flexibility index (Phi) is 6.26. The number of hydrogen-bond donors (Lipinski definition) is 5. The summed E-state index contributed by atoms with van der Waals surface area (Å²) >= 11 is 6.28. The van der Waals surface area contributed by atoms with Gasteiger partial charge in [-0.3, -0.25) is 0 Å². The van der Waals surface area contributed by atoms with E-state index in [-0.39, 0.29) is 5.56 Å². The van der Waals surface area contributed by atoms with Crippen molar-refractivity contribution in [3.05, 3.63) is 64.2 Å². The molecule has 1 aliphatic heterocycles. The lowest BCUT2D eigenvalue weighted by Crippen LogP contribution is -2.62. The highest BCUT2D eigenvalue weighted by molar-refractivity contribution is 6.31. The first-order valence-corrected chi connectivity index (χ1v) is 9.27. The van der Waals surface area contributed by atoms with Gasteiger partial charge in [0.1, 0.15) is 24.1 Å². The second kappa shape index (κ2) is 8.34. The van der Waals surface area contributed by atoms with Gasteiger partial charge in [0.15, 0.2) is 6.29 Å². The molecule has 0 spiro atoms. The molecule has 2 aromatic carbocycles. The predicted molar refractivity (Wildman–Crippen MR) is 101 cm³/mol. The Bertz CT molecular complexity index is 813. The van der Waals surface area contributed by atoms with Crippen LogP contribution in [0.15, 0.2) is 42.5 Å². The maximum Gasteiger partial charge on any atom is 0.224 e. The van der Waals surface area contributed by atoms with Gasteiger partial charge in [-0.05, 0) is 48.7 Å². The van der Waals surface area contributed by atoms with Gasteiger partial charge >= 0.3 is 0 Å². The first kappa shape index (κ1) is 21.0. The second-order valence-corrected chi connectivity index (χ2v) is 7.10. The van der Waals surface area contributed by atoms with Crippen LogP contribution in [0, 0.1) is 0 Å². The van der Waals surface area contributed by atoms with Crippen LogP contribution in [-0.4, -0.2) is 56.7 Å². The highest BCUT2D eigenvalue weighted by Gasteiger charge is 2.53. The van der Waals surface area contributed by atoms with Gasteiger partial charge in [-0.15, -0.1) is 0 Å². The summed E-state index contributed by atoms with van der Waals surface area (Å²) in [5, 5.41) is 50.7. The molecule has 0 unspecified atom stereocenters. The van der Waals surface area contributed by atoms with E-state index in [1.165, 1.54) is 18.2 Å². The van der Waals surface area contributed by atoms with Crippen molar-refractivity contribution < 1.29 is 35.0 Å². The minimum atomic E-state index is -2.41. The van der Waals surface area contributed by atoms with Crippen molar-refractivity contribution >= 4 is 11.6 Å². The lowest BCUT2D eigenvalue weighted by molar-refractivity contribution is -0.391. The second-order valence-electron chi connectivity index (χ2n) is 6.69. The highest BCUT2D eigenvalue weighted by atomic mass is 35.5. The van der Waals surface area contributed by atoms with E-state index in [4.69, 9.17) is 21.1 Å². The number of hydrogen-bond acceptors (Lipinski definition) is 7. The number of rotatable bonds is 5. The smallest absolute Gasteiger partial charge is 0.224 e. The highest BCUT2D eigenvalue weighted by Crippen LogP contribution is 2.37.